The molecule has 3 heterocycles. The molecule has 2 aliphatic rings. The van der Waals surface area contributed by atoms with E-state index in [0.29, 0.717) is 5.69 Å². The van der Waals surface area contributed by atoms with E-state index < -0.39 is 43.0 Å². The normalized spacial score (nSPS) is 14.5. The van der Waals surface area contributed by atoms with Gasteiger partial charge in [0.1, 0.15) is 0 Å². The van der Waals surface area contributed by atoms with Crippen LogP contribution in [0.5, 0.6) is 0 Å². The summed E-state index contributed by atoms with van der Waals surface area (Å²) < 4.78 is 80.3. The van der Waals surface area contributed by atoms with Crippen LogP contribution in [0, 0.1) is 0 Å². The van der Waals surface area contributed by atoms with Crippen molar-refractivity contribution in [1.29, 1.82) is 0 Å². The second-order valence-corrected chi connectivity index (χ2v) is 40.6. The molecule has 0 saturated heterocycles. The number of anilines is 6. The average molecular weight is 1500 g/mol. The van der Waals surface area contributed by atoms with Crippen LogP contribution in [-0.2, 0) is 43.3 Å². The second kappa shape index (κ2) is 27.5. The van der Waals surface area contributed by atoms with Crippen molar-refractivity contribution in [2.24, 2.45) is 0 Å². The molecule has 0 N–H and O–H groups in total. The first-order chi connectivity index (χ1) is 56.9. The summed E-state index contributed by atoms with van der Waals surface area (Å²) in [6.07, 6.45) is 0. The summed E-state index contributed by atoms with van der Waals surface area (Å²) in [5, 5.41) is -0.00541. The highest BCUT2D eigenvalue weighted by Crippen LogP contribution is 2.55. The predicted octanol–water partition coefficient (Wildman–Crippen LogP) is 29.2. The van der Waals surface area contributed by atoms with Gasteiger partial charge in [-0.25, -0.2) is 0 Å². The SMILES string of the molecule is [2H]c1c([2H])c([2H])c2c(c1[2H])c1c([2H])c([2H])c([2H])c([2H])c1n2-c1cc2c3c(c1)N(c1c(-c4ccc(C(C)(C)C)cc4)cccc1-c1ccc(C(C)(C)C)cc1)c1ccc(-c4cc(C(C)(C)C)cc(C(C)(C)C)c4)cc1B3c1cc(-c3cc(C(C)(C)C)cc(C(C)(C)C)c3)ccc1N2c1c(-c2ccc(C(C)(C)C)cc2)cccc1-c1ccc(C(C)(C)C)cc1. The van der Waals surface area contributed by atoms with Gasteiger partial charge in [-0.1, -0.05) is 397 Å². The number of aromatic nitrogens is 1. The van der Waals surface area contributed by atoms with Crippen molar-refractivity contribution in [3.05, 3.63) is 311 Å². The summed E-state index contributed by atoms with van der Waals surface area (Å²) in [7, 11) is 0. The minimum Gasteiger partial charge on any atom is -0.310 e. The molecule has 2 aliphatic heterocycles. The fraction of sp³-hybridized carbons (Fsp3) is 0.291. The zero-order valence-electron chi connectivity index (χ0n) is 79.7. The molecule has 16 rings (SSSR count). The Balaban J connectivity index is 1.17. The molecule has 0 amide bonds. The highest BCUT2D eigenvalue weighted by Gasteiger charge is 2.46. The van der Waals surface area contributed by atoms with Crippen molar-refractivity contribution >= 4 is 79.0 Å². The monoisotopic (exact) mass is 1500 g/mol. The molecule has 14 aromatic rings. The van der Waals surface area contributed by atoms with Crippen LogP contribution in [0.25, 0.3) is 94.3 Å². The summed E-state index contributed by atoms with van der Waals surface area (Å²) in [5.74, 6) is 0. The Labute approximate surface area is 693 Å². The van der Waals surface area contributed by atoms with Crippen molar-refractivity contribution in [3.8, 4) is 72.4 Å². The first-order valence-electron chi connectivity index (χ1n) is 45.0. The fourth-order valence-corrected chi connectivity index (χ4v) is 17.1. The Morgan fingerprint density at radius 2 is 0.509 bits per heavy atom. The second-order valence-electron chi connectivity index (χ2n) is 40.6. The van der Waals surface area contributed by atoms with Crippen LogP contribution < -0.4 is 26.2 Å². The molecule has 0 atom stereocenters. The van der Waals surface area contributed by atoms with E-state index in [9.17, 15) is 11.0 Å². The van der Waals surface area contributed by atoms with Gasteiger partial charge in [-0.2, -0.15) is 0 Å². The van der Waals surface area contributed by atoms with Gasteiger partial charge in [0.2, 0.25) is 0 Å². The molecule has 3 nitrogen and oxygen atoms in total. The predicted molar refractivity (Wildman–Crippen MR) is 497 cm³/mol. The van der Waals surface area contributed by atoms with E-state index in [1.807, 2.05) is 0 Å². The number of para-hydroxylation sites is 4. The summed E-state index contributed by atoms with van der Waals surface area (Å²) in [6, 6.07) is 79.0. The lowest BCUT2D eigenvalue weighted by molar-refractivity contribution is 0.568. The number of hydrogen-bond donors (Lipinski definition) is 0. The van der Waals surface area contributed by atoms with Crippen LogP contribution in [0.1, 0.15) is 222 Å². The number of rotatable bonds is 9. The Kier molecular flexibility index (Phi) is 16.4. The Morgan fingerprint density at radius 1 is 0.246 bits per heavy atom. The van der Waals surface area contributed by atoms with E-state index >= 15 is 0 Å². The maximum absolute atomic E-state index is 10.3. The molecule has 0 aliphatic carbocycles. The van der Waals surface area contributed by atoms with Crippen molar-refractivity contribution in [2.45, 2.75) is 209 Å². The molecular formula is C110H116BN3. The largest absolute Gasteiger partial charge is 0.310 e. The summed E-state index contributed by atoms with van der Waals surface area (Å²) in [5.41, 5.74) is 28.9. The molecule has 0 fully saturated rings. The Bertz CT molecular complexity index is 5980. The maximum atomic E-state index is 10.3. The summed E-state index contributed by atoms with van der Waals surface area (Å²) >= 11 is 0. The van der Waals surface area contributed by atoms with Gasteiger partial charge >= 0.3 is 0 Å². The maximum Gasteiger partial charge on any atom is 0.252 e. The minimum absolute atomic E-state index is 0.00271. The highest BCUT2D eigenvalue weighted by atomic mass is 15.2. The molecule has 4 heteroatoms. The molecule has 574 valence electrons. The first-order valence-corrected chi connectivity index (χ1v) is 41.0. The van der Waals surface area contributed by atoms with Crippen LogP contribution in [-0.4, -0.2) is 11.3 Å². The molecular weight excluding hydrogens is 1370 g/mol. The lowest BCUT2D eigenvalue weighted by Crippen LogP contribution is -2.61. The van der Waals surface area contributed by atoms with Gasteiger partial charge in [-0.15, -0.1) is 0 Å². The molecule has 1 aromatic heterocycles. The van der Waals surface area contributed by atoms with E-state index in [-0.39, 0.29) is 77.2 Å². The van der Waals surface area contributed by atoms with Crippen molar-refractivity contribution < 1.29 is 11.0 Å². The quantitative estimate of drug-likeness (QED) is 0.133. The van der Waals surface area contributed by atoms with Gasteiger partial charge in [-0.05, 0) is 185 Å². The van der Waals surface area contributed by atoms with Gasteiger partial charge in [0.25, 0.3) is 6.71 Å². The van der Waals surface area contributed by atoms with Gasteiger partial charge in [-0.3, -0.25) is 0 Å². The number of hydrogen-bond acceptors (Lipinski definition) is 2. The number of fused-ring (bicyclic) bond motifs is 7. The van der Waals surface area contributed by atoms with Crippen LogP contribution in [0.4, 0.5) is 34.1 Å². The standard InChI is InChI=1S/C110H116BN3/c1-103(2,3)77-49-39-69(40-50-77)86-33-29-34-87(70-41-51-78(52-42-70)104(4,5)6)101(86)113-96-57-47-73(75-59-81(107(13,14)15)65-82(60-75)108(16,17)18)63-92(96)111-93-64-74(76-61-83(109(19,20)21)66-84(62-76)110(22,23)24)48-58-97(93)114(99-68-85(67-98(113)100(99)111)112-94-37-27-25-31-90(94)91-32-26-28-38-95(91)112)102-88(71-43-53-79(54-44-71)105(7,8)9)35-30-36-89(102)72-45-55-80(56-46-72)106(10,11)12/h25-68H,1-24H3/i25D,26D,27D,28D,31D,32D,37D,38D. The highest BCUT2D eigenvalue weighted by molar-refractivity contribution is 7.00. The van der Waals surface area contributed by atoms with E-state index in [4.69, 9.17) is 0 Å². The van der Waals surface area contributed by atoms with Crippen LogP contribution in [0.3, 0.4) is 0 Å². The average Bonchev–Trinajstić information content (AvgIpc) is 1.10. The lowest BCUT2D eigenvalue weighted by atomic mass is 9.33. The number of benzene rings is 13. The molecule has 0 spiro atoms. The minimum atomic E-state index is -0.569. The van der Waals surface area contributed by atoms with Crippen molar-refractivity contribution in [3.63, 3.8) is 0 Å². The zero-order valence-corrected chi connectivity index (χ0v) is 71.7. The Morgan fingerprint density at radius 3 is 0.781 bits per heavy atom. The zero-order chi connectivity index (χ0) is 88.0. The van der Waals surface area contributed by atoms with Gasteiger partial charge in [0, 0.05) is 55.8 Å². The topological polar surface area (TPSA) is 11.4 Å². The lowest BCUT2D eigenvalue weighted by Gasteiger charge is -2.46. The third-order valence-corrected chi connectivity index (χ3v) is 24.1. The van der Waals surface area contributed by atoms with Crippen LogP contribution >= 0.6 is 0 Å². The summed E-state index contributed by atoms with van der Waals surface area (Å²) in [6.45, 7) is 54.1. The van der Waals surface area contributed by atoms with E-state index in [1.54, 1.807) is 4.57 Å². The van der Waals surface area contributed by atoms with Gasteiger partial charge in [0.15, 0.2) is 0 Å². The van der Waals surface area contributed by atoms with Crippen LogP contribution in [0.2, 0.25) is 0 Å². The van der Waals surface area contributed by atoms with E-state index in [0.717, 1.165) is 117 Å². The van der Waals surface area contributed by atoms with Crippen molar-refractivity contribution in [1.82, 2.24) is 4.57 Å². The first kappa shape index (κ1) is 67.8. The van der Waals surface area contributed by atoms with Crippen LogP contribution in [0.15, 0.2) is 267 Å². The van der Waals surface area contributed by atoms with E-state index in [2.05, 4.69) is 394 Å². The van der Waals surface area contributed by atoms with E-state index in [1.165, 1.54) is 44.5 Å². The fourth-order valence-electron chi connectivity index (χ4n) is 17.1. The van der Waals surface area contributed by atoms with Gasteiger partial charge in [0.05, 0.1) is 39.1 Å². The number of nitrogens with zero attached hydrogens (tertiary/aromatic N) is 3. The third kappa shape index (κ3) is 14.1. The molecule has 0 radical (unpaired) electrons. The molecule has 0 bridgehead atoms. The molecule has 0 saturated carbocycles. The third-order valence-electron chi connectivity index (χ3n) is 24.1. The molecule has 0 unspecified atom stereocenters. The summed E-state index contributed by atoms with van der Waals surface area (Å²) in [4.78, 5) is 4.97. The molecule has 13 aromatic carbocycles. The smallest absolute Gasteiger partial charge is 0.252 e. The Hall–Kier alpha value is -10.7. The van der Waals surface area contributed by atoms with Gasteiger partial charge < -0.3 is 14.4 Å². The molecule has 114 heavy (non-hydrogen) atoms. The van der Waals surface area contributed by atoms with Crippen molar-refractivity contribution in [2.75, 3.05) is 9.80 Å².